The number of rotatable bonds is 14. The van der Waals surface area contributed by atoms with Crippen LogP contribution in [0.25, 0.3) is 0 Å². The van der Waals surface area contributed by atoms with Gasteiger partial charge in [0.15, 0.2) is 0 Å². The lowest BCUT2D eigenvalue weighted by Gasteiger charge is -2.42. The second-order valence-corrected chi connectivity index (χ2v) is 8.50. The van der Waals surface area contributed by atoms with Gasteiger partial charge in [-0.15, -0.1) is 6.58 Å². The van der Waals surface area contributed by atoms with E-state index in [1.54, 1.807) is 0 Å². The van der Waals surface area contributed by atoms with Gasteiger partial charge in [-0.25, -0.2) is 0 Å². The average Bonchev–Trinajstić information content (AvgIpc) is 2.54. The van der Waals surface area contributed by atoms with Crippen LogP contribution in [0.5, 0.6) is 0 Å². The van der Waals surface area contributed by atoms with Crippen molar-refractivity contribution in [3.8, 4) is 0 Å². The highest BCUT2D eigenvalue weighted by Crippen LogP contribution is 2.35. The van der Waals surface area contributed by atoms with Crippen molar-refractivity contribution in [1.82, 2.24) is 10.2 Å². The van der Waals surface area contributed by atoms with Crippen molar-refractivity contribution < 1.29 is 0 Å². The topological polar surface area (TPSA) is 15.3 Å². The predicted octanol–water partition coefficient (Wildman–Crippen LogP) is 6.09. The fourth-order valence-electron chi connectivity index (χ4n) is 3.94. The Morgan fingerprint density at radius 3 is 2.21 bits per heavy atom. The Kier molecular flexibility index (Phi) is 11.9. The summed E-state index contributed by atoms with van der Waals surface area (Å²) in [5.41, 5.74) is 0.423. The fourth-order valence-corrected chi connectivity index (χ4v) is 3.94. The first-order valence-electron chi connectivity index (χ1n) is 10.3. The Morgan fingerprint density at radius 2 is 1.75 bits per heavy atom. The number of hydrogen-bond acceptors (Lipinski definition) is 2. The van der Waals surface area contributed by atoms with Crippen LogP contribution in [0.1, 0.15) is 87.0 Å². The summed E-state index contributed by atoms with van der Waals surface area (Å²) in [7, 11) is 2.09. The largest absolute Gasteiger partial charge is 0.305 e. The van der Waals surface area contributed by atoms with E-state index in [4.69, 9.17) is 0 Å². The molecule has 0 radical (unpaired) electrons. The predicted molar refractivity (Wildman–Crippen MR) is 110 cm³/mol. The van der Waals surface area contributed by atoms with Gasteiger partial charge >= 0.3 is 0 Å². The lowest BCUT2D eigenvalue weighted by molar-refractivity contribution is 0.0586. The molecule has 144 valence electrons. The first-order valence-corrected chi connectivity index (χ1v) is 10.3. The molecule has 4 atom stereocenters. The Bertz CT molecular complexity index is 324. The van der Waals surface area contributed by atoms with Crippen LogP contribution < -0.4 is 5.32 Å². The van der Waals surface area contributed by atoms with Gasteiger partial charge in [0, 0.05) is 12.6 Å². The summed E-state index contributed by atoms with van der Waals surface area (Å²) in [4.78, 5) is 2.70. The van der Waals surface area contributed by atoms with E-state index in [1.807, 2.05) is 0 Å². The van der Waals surface area contributed by atoms with E-state index in [-0.39, 0.29) is 0 Å². The van der Waals surface area contributed by atoms with Crippen molar-refractivity contribution in [2.75, 3.05) is 13.6 Å². The van der Waals surface area contributed by atoms with E-state index >= 15 is 0 Å². The maximum Gasteiger partial charge on any atom is 0.0568 e. The minimum atomic E-state index is 0.423. The van der Waals surface area contributed by atoms with E-state index in [9.17, 15) is 0 Å². The van der Waals surface area contributed by atoms with Crippen molar-refractivity contribution in [1.29, 1.82) is 0 Å². The Balaban J connectivity index is 4.88. The van der Waals surface area contributed by atoms with E-state index in [1.165, 1.54) is 45.1 Å². The molecular formula is C22H46N2. The zero-order valence-electron chi connectivity index (χ0n) is 18.0. The highest BCUT2D eigenvalue weighted by atomic mass is 15.3. The van der Waals surface area contributed by atoms with Gasteiger partial charge < -0.3 is 5.32 Å². The molecule has 2 nitrogen and oxygen atoms in total. The van der Waals surface area contributed by atoms with Crippen molar-refractivity contribution in [2.24, 2.45) is 17.3 Å². The van der Waals surface area contributed by atoms with Gasteiger partial charge in [0.05, 0.1) is 6.17 Å². The third-order valence-electron chi connectivity index (χ3n) is 6.09. The summed E-state index contributed by atoms with van der Waals surface area (Å²) in [6.45, 7) is 21.7. The van der Waals surface area contributed by atoms with Crippen LogP contribution in [0.15, 0.2) is 12.7 Å². The van der Waals surface area contributed by atoms with Gasteiger partial charge in [0.25, 0.3) is 0 Å². The summed E-state index contributed by atoms with van der Waals surface area (Å²) in [5.74, 6) is 1.39. The maximum atomic E-state index is 3.91. The summed E-state index contributed by atoms with van der Waals surface area (Å²) in [5, 5.41) is 3.48. The highest BCUT2D eigenvalue weighted by Gasteiger charge is 2.31. The first kappa shape index (κ1) is 23.7. The van der Waals surface area contributed by atoms with Crippen LogP contribution in [-0.2, 0) is 0 Å². The lowest BCUT2D eigenvalue weighted by atomic mass is 9.73. The van der Waals surface area contributed by atoms with E-state index in [0.29, 0.717) is 23.5 Å². The molecule has 0 aromatic carbocycles. The smallest absolute Gasteiger partial charge is 0.0568 e. The van der Waals surface area contributed by atoms with Gasteiger partial charge in [-0.2, -0.15) is 0 Å². The van der Waals surface area contributed by atoms with Gasteiger partial charge in [0.2, 0.25) is 0 Å². The zero-order chi connectivity index (χ0) is 18.8. The van der Waals surface area contributed by atoms with Gasteiger partial charge in [-0.1, -0.05) is 60.0 Å². The minimum Gasteiger partial charge on any atom is -0.305 e. The van der Waals surface area contributed by atoms with Gasteiger partial charge in [0.1, 0.15) is 0 Å². The molecule has 0 saturated carbocycles. The molecule has 0 rings (SSSR count). The standard InChI is InChI=1S/C22H46N2/c1-10-16-22(7,8)21(12-3)17-24(20(6)23-9)19(5)15-13-14-18(4)11-2/h11,18-21,23H,2,10,12-17H2,1,3-9H3. The molecule has 0 saturated heterocycles. The highest BCUT2D eigenvalue weighted by molar-refractivity contribution is 4.83. The van der Waals surface area contributed by atoms with Crippen molar-refractivity contribution in [3.05, 3.63) is 12.7 Å². The molecule has 1 N–H and O–H groups in total. The number of nitrogens with one attached hydrogen (secondary N) is 1. The van der Waals surface area contributed by atoms with E-state index in [0.717, 1.165) is 5.92 Å². The second-order valence-electron chi connectivity index (χ2n) is 8.50. The number of allylic oxidation sites excluding steroid dienone is 1. The van der Waals surface area contributed by atoms with Crippen LogP contribution in [0.4, 0.5) is 0 Å². The second kappa shape index (κ2) is 12.1. The van der Waals surface area contributed by atoms with Crippen LogP contribution in [0.3, 0.4) is 0 Å². The monoisotopic (exact) mass is 338 g/mol. The maximum absolute atomic E-state index is 3.91. The molecule has 2 heteroatoms. The van der Waals surface area contributed by atoms with Crippen molar-refractivity contribution >= 4 is 0 Å². The summed E-state index contributed by atoms with van der Waals surface area (Å²) in [6, 6.07) is 0.621. The minimum absolute atomic E-state index is 0.423. The van der Waals surface area contributed by atoms with Crippen molar-refractivity contribution in [2.45, 2.75) is 99.2 Å². The average molecular weight is 339 g/mol. The number of hydrogen-bond donors (Lipinski definition) is 1. The van der Waals surface area contributed by atoms with Crippen molar-refractivity contribution in [3.63, 3.8) is 0 Å². The molecule has 0 bridgehead atoms. The lowest BCUT2D eigenvalue weighted by Crippen LogP contribution is -2.50. The normalized spacial score (nSPS) is 17.5. The van der Waals surface area contributed by atoms with Crippen LogP contribution in [0, 0.1) is 17.3 Å². The van der Waals surface area contributed by atoms with Crippen LogP contribution >= 0.6 is 0 Å². The van der Waals surface area contributed by atoms with Gasteiger partial charge in [-0.3, -0.25) is 4.90 Å². The fraction of sp³-hybridized carbons (Fsp3) is 0.909. The summed E-state index contributed by atoms with van der Waals surface area (Å²) >= 11 is 0. The van der Waals surface area contributed by atoms with Crippen LogP contribution in [0.2, 0.25) is 0 Å². The SMILES string of the molecule is C=CC(C)CCCC(C)N(CC(CC)C(C)(C)CCC)C(C)NC. The molecule has 0 heterocycles. The molecule has 0 aromatic rings. The molecule has 24 heavy (non-hydrogen) atoms. The van der Waals surface area contributed by atoms with E-state index < -0.39 is 0 Å². The Morgan fingerprint density at radius 1 is 1.12 bits per heavy atom. The molecule has 0 fully saturated rings. The molecule has 0 aliphatic carbocycles. The van der Waals surface area contributed by atoms with E-state index in [2.05, 4.69) is 78.4 Å². The molecule has 0 aliphatic heterocycles. The molecule has 0 amide bonds. The third kappa shape index (κ3) is 8.16. The van der Waals surface area contributed by atoms with Crippen LogP contribution in [-0.4, -0.2) is 30.7 Å². The molecule has 0 spiro atoms. The Labute approximate surface area is 153 Å². The molecular weight excluding hydrogens is 292 g/mol. The molecule has 0 aromatic heterocycles. The quantitative estimate of drug-likeness (QED) is 0.305. The summed E-state index contributed by atoms with van der Waals surface area (Å²) < 4.78 is 0. The Hall–Kier alpha value is -0.340. The third-order valence-corrected chi connectivity index (χ3v) is 6.09. The molecule has 4 unspecified atom stereocenters. The van der Waals surface area contributed by atoms with Gasteiger partial charge in [-0.05, 0) is 57.4 Å². The molecule has 0 aliphatic rings. The summed E-state index contributed by atoms with van der Waals surface area (Å²) in [6.07, 6.45) is 10.2. The first-order chi connectivity index (χ1) is 11.2. The zero-order valence-corrected chi connectivity index (χ0v) is 18.0. The number of nitrogens with zero attached hydrogens (tertiary/aromatic N) is 1.